The maximum atomic E-state index is 11.7. The Morgan fingerprint density at radius 3 is 2.76 bits per heavy atom. The maximum Gasteiger partial charge on any atom is 0.0653 e. The molecule has 0 aliphatic heterocycles. The van der Waals surface area contributed by atoms with Gasteiger partial charge in [0.1, 0.15) is 0 Å². The van der Waals surface area contributed by atoms with Crippen molar-refractivity contribution in [1.82, 2.24) is 0 Å². The second-order valence-corrected chi connectivity index (χ2v) is 11.5. The molecular formula is C27H46O2. The fraction of sp³-hybridized carbons (Fsp3) is 0.926. The lowest BCUT2D eigenvalue weighted by Gasteiger charge is -2.59. The summed E-state index contributed by atoms with van der Waals surface area (Å²) in [5.74, 6) is -0.724. The highest BCUT2D eigenvalue weighted by atomic mass is 16.3. The third kappa shape index (κ3) is 3.65. The Morgan fingerprint density at radius 2 is 2.00 bits per heavy atom. The minimum absolute atomic E-state index is 0.00728. The van der Waals surface area contributed by atoms with E-state index in [1.165, 1.54) is 5.57 Å². The van der Waals surface area contributed by atoms with E-state index in [1.807, 2.05) is 6.92 Å². The zero-order valence-electron chi connectivity index (χ0n) is 25.6. The van der Waals surface area contributed by atoms with Gasteiger partial charge in [-0.1, -0.05) is 52.0 Å². The molecule has 0 bridgehead atoms. The molecule has 8 atom stereocenters. The summed E-state index contributed by atoms with van der Waals surface area (Å²) in [6.45, 7) is 0.773. The van der Waals surface area contributed by atoms with Gasteiger partial charge in [-0.2, -0.15) is 0 Å². The fourth-order valence-electron chi connectivity index (χ4n) is 8.46. The van der Waals surface area contributed by atoms with Crippen LogP contribution in [0, 0.1) is 40.4 Å². The number of hydrogen-bond donors (Lipinski definition) is 2. The molecule has 4 aliphatic rings. The highest BCUT2D eigenvalue weighted by molar-refractivity contribution is 5.25. The van der Waals surface area contributed by atoms with Crippen LogP contribution in [0.1, 0.15) is 115 Å². The second-order valence-electron chi connectivity index (χ2n) is 11.5. The molecule has 0 aromatic rings. The first-order valence-electron chi connectivity index (χ1n) is 15.5. The molecule has 4 rings (SSSR count). The molecule has 0 unspecified atom stereocenters. The molecule has 166 valence electrons. The molecule has 0 aromatic heterocycles. The molecule has 4 aliphatic carbocycles. The summed E-state index contributed by atoms with van der Waals surface area (Å²) in [7, 11) is 0. The van der Waals surface area contributed by atoms with Gasteiger partial charge in [0, 0.05) is 9.60 Å². The molecule has 0 aromatic carbocycles. The van der Waals surface area contributed by atoms with Gasteiger partial charge in [-0.25, -0.2) is 0 Å². The number of rotatable bonds is 5. The van der Waals surface area contributed by atoms with Gasteiger partial charge < -0.3 is 10.2 Å². The highest BCUT2D eigenvalue weighted by Crippen LogP contribution is 2.67. The molecule has 3 saturated carbocycles. The number of fused-ring (bicyclic) bond motifs is 5. The van der Waals surface area contributed by atoms with E-state index in [-0.39, 0.29) is 35.7 Å². The number of allylic oxidation sites excluding steroid dienone is 1. The van der Waals surface area contributed by atoms with E-state index in [9.17, 15) is 10.2 Å². The van der Waals surface area contributed by atoms with Gasteiger partial charge in [0.15, 0.2) is 0 Å². The zero-order chi connectivity index (χ0) is 26.9. The van der Waals surface area contributed by atoms with Gasteiger partial charge in [-0.3, -0.25) is 0 Å². The Hall–Kier alpha value is -0.340. The predicted octanol–water partition coefficient (Wildman–Crippen LogP) is 6.50. The molecular weight excluding hydrogens is 356 g/mol. The molecule has 2 N–H and O–H groups in total. The Balaban J connectivity index is 1.48. The van der Waals surface area contributed by atoms with Gasteiger partial charge in [0.25, 0.3) is 0 Å². The first-order valence-corrected chi connectivity index (χ1v) is 12.0. The fourth-order valence-corrected chi connectivity index (χ4v) is 8.46. The second kappa shape index (κ2) is 7.66. The lowest BCUT2D eigenvalue weighted by atomic mass is 9.46. The molecule has 0 saturated heterocycles. The van der Waals surface area contributed by atoms with Crippen molar-refractivity contribution in [3.63, 3.8) is 0 Å². The van der Waals surface area contributed by atoms with E-state index in [1.54, 1.807) is 0 Å². The van der Waals surface area contributed by atoms with Crippen molar-refractivity contribution in [2.24, 2.45) is 40.4 Å². The van der Waals surface area contributed by atoms with Crippen LogP contribution in [0.2, 0.25) is 0 Å². The van der Waals surface area contributed by atoms with Gasteiger partial charge in [-0.15, -0.1) is 0 Å². The molecule has 2 nitrogen and oxygen atoms in total. The average Bonchev–Trinajstić information content (AvgIpc) is 3.10. The van der Waals surface area contributed by atoms with Crippen LogP contribution in [0.5, 0.6) is 0 Å². The van der Waals surface area contributed by atoms with Crippen molar-refractivity contribution in [1.29, 1.82) is 0 Å². The molecule has 29 heavy (non-hydrogen) atoms. The summed E-state index contributed by atoms with van der Waals surface area (Å²) in [6.07, 6.45) is 10.4. The largest absolute Gasteiger partial charge is 0.393 e. The van der Waals surface area contributed by atoms with Gasteiger partial charge >= 0.3 is 0 Å². The normalized spacial score (nSPS) is 51.3. The number of aliphatic hydroxyl groups excluding tert-OH is 1. The number of hydrogen-bond acceptors (Lipinski definition) is 2. The molecule has 0 heterocycles. The van der Waals surface area contributed by atoms with Crippen LogP contribution in [-0.2, 0) is 0 Å². The zero-order valence-corrected chi connectivity index (χ0v) is 18.6. The molecule has 2 heteroatoms. The molecule has 0 radical (unpaired) electrons. The van der Waals surface area contributed by atoms with Crippen LogP contribution in [0.15, 0.2) is 11.6 Å². The lowest BCUT2D eigenvalue weighted by molar-refractivity contribution is -0.105. The van der Waals surface area contributed by atoms with Crippen molar-refractivity contribution in [3.05, 3.63) is 11.6 Å². The van der Waals surface area contributed by atoms with Crippen molar-refractivity contribution >= 4 is 0 Å². The Labute approximate surface area is 189 Å². The maximum absolute atomic E-state index is 11.7. The van der Waals surface area contributed by atoms with Crippen LogP contribution in [0.3, 0.4) is 0 Å². The summed E-state index contributed by atoms with van der Waals surface area (Å²) in [5.41, 5.74) is 0.587. The summed E-state index contributed by atoms with van der Waals surface area (Å²) in [5, 5.41) is 21.9. The van der Waals surface area contributed by atoms with E-state index >= 15 is 0 Å². The summed E-state index contributed by atoms with van der Waals surface area (Å²) in [4.78, 5) is 0. The van der Waals surface area contributed by atoms with Gasteiger partial charge in [-0.05, 0) is 105 Å². The van der Waals surface area contributed by atoms with Crippen LogP contribution < -0.4 is 0 Å². The third-order valence-corrected chi connectivity index (χ3v) is 9.94. The van der Waals surface area contributed by atoms with E-state index in [0.717, 1.165) is 51.4 Å². The van der Waals surface area contributed by atoms with E-state index in [2.05, 4.69) is 19.9 Å². The summed E-state index contributed by atoms with van der Waals surface area (Å²) >= 11 is 0. The first kappa shape index (κ1) is 14.7. The van der Waals surface area contributed by atoms with Crippen LogP contribution in [0.25, 0.3) is 0 Å². The van der Waals surface area contributed by atoms with Gasteiger partial charge in [0.05, 0.1) is 11.7 Å². The highest BCUT2D eigenvalue weighted by Gasteiger charge is 2.61. The van der Waals surface area contributed by atoms with E-state index in [0.29, 0.717) is 24.2 Å². The Kier molecular flexibility index (Phi) is 3.88. The van der Waals surface area contributed by atoms with Crippen molar-refractivity contribution < 1.29 is 19.8 Å². The monoisotopic (exact) mass is 409 g/mol. The average molecular weight is 410 g/mol. The molecule has 3 fully saturated rings. The lowest BCUT2D eigenvalue weighted by Crippen LogP contribution is -2.53. The van der Waals surface area contributed by atoms with Gasteiger partial charge in [0.2, 0.25) is 0 Å². The summed E-state index contributed by atoms with van der Waals surface area (Å²) < 4.78 is 54.4. The molecule has 0 spiro atoms. The minimum atomic E-state index is -2.91. The van der Waals surface area contributed by atoms with Crippen molar-refractivity contribution in [2.45, 2.75) is 117 Å². The van der Waals surface area contributed by atoms with E-state index < -0.39 is 25.2 Å². The topological polar surface area (TPSA) is 40.5 Å². The first-order chi connectivity index (χ1) is 16.4. The van der Waals surface area contributed by atoms with Crippen molar-refractivity contribution in [3.8, 4) is 0 Å². The quantitative estimate of drug-likeness (QED) is 0.509. The van der Waals surface area contributed by atoms with Crippen LogP contribution in [-0.4, -0.2) is 21.9 Å². The SMILES string of the molecule is [2H]C([2H])([2H])C([2H])(CCC[C@@](C)(O)[C@H]1CC[C@H]2[C@@H]3CC=C4C[C@@H](O)CC[C@]4(C)[C@H]3CC[C@@]21C)C([2H])([2H])[2H]. The smallest absolute Gasteiger partial charge is 0.0653 e. The number of aliphatic hydroxyl groups is 2. The standard InChI is InChI=1S/C27H46O2/c1-18(2)7-6-14-27(5,29)24-11-10-22-21-9-8-19-17-20(28)12-15-25(19,3)23(21)13-16-26(22,24)4/h8,18,20-24,28-29H,6-7,9-17H2,1-5H3/t20-,21-,22-,23-,24-,25-,26-,27+/m0/s1/i1D3,2D3,18D. The third-order valence-electron chi connectivity index (χ3n) is 9.94. The van der Waals surface area contributed by atoms with Crippen LogP contribution >= 0.6 is 0 Å². The van der Waals surface area contributed by atoms with E-state index in [4.69, 9.17) is 9.60 Å². The summed E-state index contributed by atoms with van der Waals surface area (Å²) in [6, 6.07) is 0. The van der Waals surface area contributed by atoms with Crippen molar-refractivity contribution in [2.75, 3.05) is 0 Å². The molecule has 0 amide bonds. The Bertz CT molecular complexity index is 849. The van der Waals surface area contributed by atoms with Crippen LogP contribution in [0.4, 0.5) is 0 Å². The minimum Gasteiger partial charge on any atom is -0.393 e. The predicted molar refractivity (Wildman–Crippen MR) is 121 cm³/mol. The Morgan fingerprint density at radius 1 is 1.21 bits per heavy atom.